The van der Waals surface area contributed by atoms with Gasteiger partial charge in [-0.2, -0.15) is 5.26 Å². The van der Waals surface area contributed by atoms with Crippen molar-refractivity contribution in [2.45, 2.75) is 50.6 Å². The predicted molar refractivity (Wildman–Crippen MR) is 75.2 cm³/mol. The summed E-state index contributed by atoms with van der Waals surface area (Å²) < 4.78 is 0. The summed E-state index contributed by atoms with van der Waals surface area (Å²) in [6.45, 7) is 5.39. The van der Waals surface area contributed by atoms with E-state index in [-0.39, 0.29) is 0 Å². The summed E-state index contributed by atoms with van der Waals surface area (Å²) in [5.74, 6) is 0. The Balaban J connectivity index is 2.10. The Morgan fingerprint density at radius 1 is 1.33 bits per heavy atom. The van der Waals surface area contributed by atoms with Crippen molar-refractivity contribution in [1.82, 2.24) is 9.80 Å². The fourth-order valence-electron chi connectivity index (χ4n) is 2.54. The number of piperidine rings is 1. The first kappa shape index (κ1) is 15.4. The molecule has 0 radical (unpaired) electrons. The van der Waals surface area contributed by atoms with Gasteiger partial charge in [-0.15, -0.1) is 0 Å². The van der Waals surface area contributed by atoms with Gasteiger partial charge in [-0.05, 0) is 72.8 Å². The molecule has 4 heteroatoms. The van der Waals surface area contributed by atoms with E-state index in [1.54, 1.807) is 0 Å². The van der Waals surface area contributed by atoms with E-state index in [9.17, 15) is 0 Å². The van der Waals surface area contributed by atoms with Crippen LogP contribution >= 0.6 is 0 Å². The molecule has 4 nitrogen and oxygen atoms in total. The first-order valence-electron chi connectivity index (χ1n) is 7.03. The van der Waals surface area contributed by atoms with Gasteiger partial charge in [-0.1, -0.05) is 0 Å². The Kier molecular flexibility index (Phi) is 6.07. The van der Waals surface area contributed by atoms with Crippen LogP contribution in [0.25, 0.3) is 0 Å². The van der Waals surface area contributed by atoms with E-state index >= 15 is 0 Å². The molecule has 0 saturated carbocycles. The van der Waals surface area contributed by atoms with E-state index in [4.69, 9.17) is 11.0 Å². The van der Waals surface area contributed by atoms with Crippen molar-refractivity contribution in [1.29, 1.82) is 5.26 Å². The second-order valence-electron chi connectivity index (χ2n) is 6.02. The Labute approximate surface area is 112 Å². The van der Waals surface area contributed by atoms with E-state index in [0.29, 0.717) is 0 Å². The van der Waals surface area contributed by atoms with Crippen LogP contribution in [0.5, 0.6) is 0 Å². The van der Waals surface area contributed by atoms with E-state index < -0.39 is 5.54 Å². The number of nitrogens with zero attached hydrogens (tertiary/aromatic N) is 3. The average molecular weight is 252 g/mol. The molecule has 0 aromatic rings. The molecular weight excluding hydrogens is 224 g/mol. The number of hydrogen-bond donors (Lipinski definition) is 1. The van der Waals surface area contributed by atoms with Gasteiger partial charge in [0, 0.05) is 6.04 Å². The molecule has 18 heavy (non-hydrogen) atoms. The summed E-state index contributed by atoms with van der Waals surface area (Å²) >= 11 is 0. The standard InChI is InChI=1S/C14H28N4/c1-14(16,12-15)8-4-5-9-18-10-6-13(7-11-18)17(2)3/h13H,4-11,16H2,1-3H3. The van der Waals surface area contributed by atoms with Crippen molar-refractivity contribution in [3.63, 3.8) is 0 Å². The lowest BCUT2D eigenvalue weighted by Gasteiger charge is -2.35. The number of likely N-dealkylation sites (tertiary alicyclic amines) is 1. The Bertz CT molecular complexity index is 272. The zero-order valence-electron chi connectivity index (χ0n) is 12.2. The number of unbranched alkanes of at least 4 members (excludes halogenated alkanes) is 1. The van der Waals surface area contributed by atoms with Crippen LogP contribution in [-0.4, -0.2) is 55.1 Å². The van der Waals surface area contributed by atoms with Crippen molar-refractivity contribution < 1.29 is 0 Å². The summed E-state index contributed by atoms with van der Waals surface area (Å²) in [6, 6.07) is 2.91. The zero-order valence-corrected chi connectivity index (χ0v) is 12.2. The van der Waals surface area contributed by atoms with Gasteiger partial charge in [-0.3, -0.25) is 0 Å². The second kappa shape index (κ2) is 7.08. The molecule has 1 atom stereocenters. The normalized spacial score (nSPS) is 21.8. The highest BCUT2D eigenvalue weighted by Crippen LogP contribution is 2.15. The number of rotatable bonds is 6. The van der Waals surface area contributed by atoms with Crippen LogP contribution in [0.1, 0.15) is 39.0 Å². The molecule has 0 aromatic heterocycles. The van der Waals surface area contributed by atoms with Crippen molar-refractivity contribution in [3.8, 4) is 6.07 Å². The molecule has 0 amide bonds. The molecule has 1 heterocycles. The average Bonchev–Trinajstić information content (AvgIpc) is 2.35. The quantitative estimate of drug-likeness (QED) is 0.727. The van der Waals surface area contributed by atoms with Crippen LogP contribution in [0, 0.1) is 11.3 Å². The number of nitriles is 1. The molecule has 1 fully saturated rings. The van der Waals surface area contributed by atoms with Gasteiger partial charge in [0.25, 0.3) is 0 Å². The fourth-order valence-corrected chi connectivity index (χ4v) is 2.54. The van der Waals surface area contributed by atoms with Crippen LogP contribution in [0.2, 0.25) is 0 Å². The minimum absolute atomic E-state index is 0.641. The minimum atomic E-state index is -0.641. The van der Waals surface area contributed by atoms with Crippen molar-refractivity contribution in [2.24, 2.45) is 5.73 Å². The maximum absolute atomic E-state index is 8.83. The molecule has 1 unspecified atom stereocenters. The maximum atomic E-state index is 8.83. The highest BCUT2D eigenvalue weighted by molar-refractivity contribution is 5.00. The third-order valence-corrected chi connectivity index (χ3v) is 3.96. The molecule has 0 aliphatic carbocycles. The van der Waals surface area contributed by atoms with E-state index in [1.807, 2.05) is 6.92 Å². The van der Waals surface area contributed by atoms with Crippen LogP contribution in [0.3, 0.4) is 0 Å². The van der Waals surface area contributed by atoms with Crippen LogP contribution in [0.4, 0.5) is 0 Å². The molecule has 0 aromatic carbocycles. The van der Waals surface area contributed by atoms with Gasteiger partial charge in [-0.25, -0.2) is 0 Å². The van der Waals surface area contributed by atoms with E-state index in [1.165, 1.54) is 25.9 Å². The van der Waals surface area contributed by atoms with Crippen LogP contribution < -0.4 is 5.73 Å². The number of nitrogens with two attached hydrogens (primary N) is 1. The molecule has 0 spiro atoms. The van der Waals surface area contributed by atoms with Gasteiger partial charge in [0.1, 0.15) is 5.54 Å². The first-order chi connectivity index (χ1) is 8.44. The minimum Gasteiger partial charge on any atom is -0.314 e. The van der Waals surface area contributed by atoms with Gasteiger partial charge in [0.2, 0.25) is 0 Å². The summed E-state index contributed by atoms with van der Waals surface area (Å²) in [4.78, 5) is 4.88. The van der Waals surface area contributed by atoms with E-state index in [2.05, 4.69) is 30.0 Å². The predicted octanol–water partition coefficient (Wildman–Crippen LogP) is 1.42. The third-order valence-electron chi connectivity index (χ3n) is 3.96. The fraction of sp³-hybridized carbons (Fsp3) is 0.929. The van der Waals surface area contributed by atoms with Gasteiger partial charge < -0.3 is 15.5 Å². The van der Waals surface area contributed by atoms with Crippen molar-refractivity contribution in [2.75, 3.05) is 33.7 Å². The van der Waals surface area contributed by atoms with Gasteiger partial charge in [0.05, 0.1) is 6.07 Å². The smallest absolute Gasteiger partial charge is 0.101 e. The summed E-state index contributed by atoms with van der Waals surface area (Å²) in [6.07, 6.45) is 5.56. The molecule has 2 N–H and O–H groups in total. The lowest BCUT2D eigenvalue weighted by atomic mass is 9.97. The Morgan fingerprint density at radius 3 is 2.44 bits per heavy atom. The highest BCUT2D eigenvalue weighted by Gasteiger charge is 2.20. The second-order valence-corrected chi connectivity index (χ2v) is 6.02. The molecule has 104 valence electrons. The van der Waals surface area contributed by atoms with Gasteiger partial charge >= 0.3 is 0 Å². The van der Waals surface area contributed by atoms with Crippen molar-refractivity contribution in [3.05, 3.63) is 0 Å². The van der Waals surface area contributed by atoms with E-state index in [0.717, 1.165) is 31.8 Å². The molecule has 1 rings (SSSR count). The largest absolute Gasteiger partial charge is 0.314 e. The maximum Gasteiger partial charge on any atom is 0.101 e. The first-order valence-corrected chi connectivity index (χ1v) is 7.03. The molecular formula is C14H28N4. The highest BCUT2D eigenvalue weighted by atomic mass is 15.2. The number of hydrogen-bond acceptors (Lipinski definition) is 4. The van der Waals surface area contributed by atoms with Crippen LogP contribution in [0.15, 0.2) is 0 Å². The molecule has 1 aliphatic rings. The molecule has 0 bridgehead atoms. The van der Waals surface area contributed by atoms with Crippen molar-refractivity contribution >= 4 is 0 Å². The monoisotopic (exact) mass is 252 g/mol. The third kappa shape index (κ3) is 5.34. The lowest BCUT2D eigenvalue weighted by Crippen LogP contribution is -2.42. The Morgan fingerprint density at radius 2 is 1.94 bits per heavy atom. The summed E-state index contributed by atoms with van der Waals surface area (Å²) in [5, 5.41) is 8.83. The van der Waals surface area contributed by atoms with Gasteiger partial charge in [0.15, 0.2) is 0 Å². The topological polar surface area (TPSA) is 56.3 Å². The summed E-state index contributed by atoms with van der Waals surface area (Å²) in [7, 11) is 4.34. The summed E-state index contributed by atoms with van der Waals surface area (Å²) in [5.41, 5.74) is 5.17. The Hall–Kier alpha value is -0.630. The lowest BCUT2D eigenvalue weighted by molar-refractivity contribution is 0.143. The molecule has 1 saturated heterocycles. The molecule has 1 aliphatic heterocycles. The zero-order chi connectivity index (χ0) is 13.6. The SMILES string of the molecule is CN(C)C1CCN(CCCCC(C)(N)C#N)CC1. The van der Waals surface area contributed by atoms with Crippen LogP contribution in [-0.2, 0) is 0 Å².